The first kappa shape index (κ1) is 22.4. The Hall–Kier alpha value is -3.78. The molecule has 0 aliphatic carbocycles. The molecule has 8 heteroatoms. The summed E-state index contributed by atoms with van der Waals surface area (Å²) in [5, 5.41) is 2.74. The van der Waals surface area contributed by atoms with E-state index in [1.807, 2.05) is 30.3 Å². The lowest BCUT2D eigenvalue weighted by atomic mass is 10.1. The van der Waals surface area contributed by atoms with Crippen molar-refractivity contribution in [3.05, 3.63) is 82.8 Å². The van der Waals surface area contributed by atoms with Gasteiger partial charge < -0.3 is 14.6 Å². The Balaban J connectivity index is 1.73. The summed E-state index contributed by atoms with van der Waals surface area (Å²) < 4.78 is 21.9. The molecule has 4 rings (SSSR count). The number of aryl methyl sites for hydroxylation is 2. The van der Waals surface area contributed by atoms with E-state index in [1.54, 1.807) is 30.9 Å². The molecular formula is C25H25FN4O3. The SMILES string of the molecule is COCCCn1cnc2c(-c3ccccc3)cn(CC(=O)Nc3cc(F)ccc3C)c2c1=O. The van der Waals surface area contributed by atoms with Gasteiger partial charge in [0.1, 0.15) is 23.4 Å². The van der Waals surface area contributed by atoms with Gasteiger partial charge in [-0.05, 0) is 36.6 Å². The number of aromatic nitrogens is 3. The zero-order valence-electron chi connectivity index (χ0n) is 18.5. The molecular weight excluding hydrogens is 423 g/mol. The number of carbonyl (C=O) groups is 1. The van der Waals surface area contributed by atoms with Gasteiger partial charge in [0.05, 0.1) is 6.33 Å². The van der Waals surface area contributed by atoms with Crippen LogP contribution in [-0.4, -0.2) is 33.7 Å². The number of hydrogen-bond acceptors (Lipinski definition) is 4. The van der Waals surface area contributed by atoms with E-state index in [0.29, 0.717) is 36.3 Å². The van der Waals surface area contributed by atoms with Crippen molar-refractivity contribution in [2.24, 2.45) is 0 Å². The highest BCUT2D eigenvalue weighted by Crippen LogP contribution is 2.27. The number of benzene rings is 2. The first-order valence-corrected chi connectivity index (χ1v) is 10.7. The fourth-order valence-electron chi connectivity index (χ4n) is 3.78. The fraction of sp³-hybridized carbons (Fsp3) is 0.240. The number of amides is 1. The lowest BCUT2D eigenvalue weighted by molar-refractivity contribution is -0.116. The maximum Gasteiger partial charge on any atom is 0.277 e. The van der Waals surface area contributed by atoms with Crippen LogP contribution in [0, 0.1) is 12.7 Å². The van der Waals surface area contributed by atoms with Gasteiger partial charge in [-0.25, -0.2) is 9.37 Å². The molecule has 7 nitrogen and oxygen atoms in total. The predicted molar refractivity (Wildman–Crippen MR) is 126 cm³/mol. The molecule has 2 heterocycles. The van der Waals surface area contributed by atoms with Crippen molar-refractivity contribution in [3.63, 3.8) is 0 Å². The van der Waals surface area contributed by atoms with Gasteiger partial charge in [0.2, 0.25) is 5.91 Å². The predicted octanol–water partition coefficient (Wildman–Crippen LogP) is 3.99. The average Bonchev–Trinajstić information content (AvgIpc) is 3.17. The topological polar surface area (TPSA) is 78.2 Å². The molecule has 0 radical (unpaired) electrons. The molecule has 170 valence electrons. The van der Waals surface area contributed by atoms with Gasteiger partial charge in [-0.3, -0.25) is 14.2 Å². The van der Waals surface area contributed by atoms with E-state index < -0.39 is 5.82 Å². The molecule has 0 fully saturated rings. The number of nitrogens with zero attached hydrogens (tertiary/aromatic N) is 3. The molecule has 0 saturated carbocycles. The zero-order chi connectivity index (χ0) is 23.4. The van der Waals surface area contributed by atoms with Gasteiger partial charge in [0.25, 0.3) is 5.56 Å². The zero-order valence-corrected chi connectivity index (χ0v) is 18.5. The molecule has 1 N–H and O–H groups in total. The molecule has 0 unspecified atom stereocenters. The molecule has 0 spiro atoms. The van der Waals surface area contributed by atoms with Crippen LogP contribution < -0.4 is 10.9 Å². The van der Waals surface area contributed by atoms with Crippen LogP contribution in [0.2, 0.25) is 0 Å². The number of methoxy groups -OCH3 is 1. The highest BCUT2D eigenvalue weighted by molar-refractivity contribution is 5.96. The average molecular weight is 448 g/mol. The second kappa shape index (κ2) is 9.79. The first-order chi connectivity index (χ1) is 16.0. The molecule has 1 amide bonds. The molecule has 4 aromatic rings. The van der Waals surface area contributed by atoms with E-state index in [2.05, 4.69) is 10.3 Å². The third-order valence-corrected chi connectivity index (χ3v) is 5.46. The van der Waals surface area contributed by atoms with Gasteiger partial charge in [-0.1, -0.05) is 36.4 Å². The summed E-state index contributed by atoms with van der Waals surface area (Å²) in [6.07, 6.45) is 3.97. The third kappa shape index (κ3) is 4.85. The second-order valence-electron chi connectivity index (χ2n) is 7.83. The summed E-state index contributed by atoms with van der Waals surface area (Å²) >= 11 is 0. The number of anilines is 1. The minimum absolute atomic E-state index is 0.113. The summed E-state index contributed by atoms with van der Waals surface area (Å²) in [6.45, 7) is 2.65. The molecule has 2 aromatic heterocycles. The maximum absolute atomic E-state index is 13.6. The first-order valence-electron chi connectivity index (χ1n) is 10.7. The summed E-state index contributed by atoms with van der Waals surface area (Å²) in [4.78, 5) is 30.7. The number of halogens is 1. The van der Waals surface area contributed by atoms with Gasteiger partial charge in [-0.15, -0.1) is 0 Å². The fourth-order valence-corrected chi connectivity index (χ4v) is 3.78. The molecule has 33 heavy (non-hydrogen) atoms. The Morgan fingerprint density at radius 1 is 1.15 bits per heavy atom. The Labute approximate surface area is 190 Å². The van der Waals surface area contributed by atoms with Crippen LogP contribution in [-0.2, 0) is 22.6 Å². The number of hydrogen-bond donors (Lipinski definition) is 1. The van der Waals surface area contributed by atoms with Crippen molar-refractivity contribution >= 4 is 22.6 Å². The lowest BCUT2D eigenvalue weighted by Gasteiger charge is -2.10. The number of ether oxygens (including phenoxy) is 1. The van der Waals surface area contributed by atoms with Crippen LogP contribution in [0.5, 0.6) is 0 Å². The summed E-state index contributed by atoms with van der Waals surface area (Å²) in [6, 6.07) is 13.8. The monoisotopic (exact) mass is 448 g/mol. The highest BCUT2D eigenvalue weighted by atomic mass is 19.1. The van der Waals surface area contributed by atoms with Crippen LogP contribution in [0.25, 0.3) is 22.2 Å². The normalized spacial score (nSPS) is 11.1. The quantitative estimate of drug-likeness (QED) is 0.414. The Morgan fingerprint density at radius 3 is 2.70 bits per heavy atom. The lowest BCUT2D eigenvalue weighted by Crippen LogP contribution is -2.25. The minimum atomic E-state index is -0.433. The van der Waals surface area contributed by atoms with E-state index in [-0.39, 0.29) is 18.0 Å². The molecule has 0 atom stereocenters. The smallest absolute Gasteiger partial charge is 0.277 e. The Bertz CT molecular complexity index is 1350. The highest BCUT2D eigenvalue weighted by Gasteiger charge is 2.18. The third-order valence-electron chi connectivity index (χ3n) is 5.46. The van der Waals surface area contributed by atoms with Gasteiger partial charge in [-0.2, -0.15) is 0 Å². The van der Waals surface area contributed by atoms with Crippen molar-refractivity contribution in [2.45, 2.75) is 26.4 Å². The van der Waals surface area contributed by atoms with Gasteiger partial charge in [0.15, 0.2) is 0 Å². The number of nitrogens with one attached hydrogen (secondary N) is 1. The van der Waals surface area contributed by atoms with Crippen molar-refractivity contribution in [1.29, 1.82) is 0 Å². The summed E-state index contributed by atoms with van der Waals surface area (Å²) in [7, 11) is 1.61. The Kier molecular flexibility index (Phi) is 6.65. The van der Waals surface area contributed by atoms with E-state index >= 15 is 0 Å². The standard InChI is InChI=1S/C25H25FN4O3/c1-17-9-10-19(26)13-21(17)28-22(31)15-30-14-20(18-7-4-3-5-8-18)23-24(30)25(32)29(16-27-23)11-6-12-33-2/h3-5,7-10,13-14,16H,6,11-12,15H2,1-2H3,(H,28,31). The molecule has 0 aliphatic rings. The minimum Gasteiger partial charge on any atom is -0.385 e. The van der Waals surface area contributed by atoms with E-state index in [9.17, 15) is 14.0 Å². The van der Waals surface area contributed by atoms with Crippen molar-refractivity contribution < 1.29 is 13.9 Å². The van der Waals surface area contributed by atoms with E-state index in [1.165, 1.54) is 23.0 Å². The van der Waals surface area contributed by atoms with Crippen molar-refractivity contribution in [2.75, 3.05) is 19.0 Å². The summed E-state index contributed by atoms with van der Waals surface area (Å²) in [5.74, 6) is -0.800. The number of fused-ring (bicyclic) bond motifs is 1. The Morgan fingerprint density at radius 2 is 1.94 bits per heavy atom. The second-order valence-corrected chi connectivity index (χ2v) is 7.83. The van der Waals surface area contributed by atoms with Crippen molar-refractivity contribution in [1.82, 2.24) is 14.1 Å². The number of rotatable bonds is 8. The van der Waals surface area contributed by atoms with Gasteiger partial charge in [0, 0.05) is 37.7 Å². The largest absolute Gasteiger partial charge is 0.385 e. The van der Waals surface area contributed by atoms with Crippen molar-refractivity contribution in [3.8, 4) is 11.1 Å². The van der Waals surface area contributed by atoms with Crippen LogP contribution in [0.3, 0.4) is 0 Å². The van der Waals surface area contributed by atoms with E-state index in [0.717, 1.165) is 16.7 Å². The summed E-state index contributed by atoms with van der Waals surface area (Å²) in [5.41, 5.74) is 3.45. The van der Waals surface area contributed by atoms with Gasteiger partial charge >= 0.3 is 0 Å². The van der Waals surface area contributed by atoms with Crippen LogP contribution in [0.15, 0.2) is 65.8 Å². The maximum atomic E-state index is 13.6. The molecule has 0 saturated heterocycles. The van der Waals surface area contributed by atoms with E-state index in [4.69, 9.17) is 4.74 Å². The van der Waals surface area contributed by atoms with Crippen LogP contribution >= 0.6 is 0 Å². The molecule has 0 aliphatic heterocycles. The molecule has 2 aromatic carbocycles. The number of carbonyl (C=O) groups excluding carboxylic acids is 1. The molecule has 0 bridgehead atoms. The van der Waals surface area contributed by atoms with Crippen LogP contribution in [0.1, 0.15) is 12.0 Å². The van der Waals surface area contributed by atoms with Crippen LogP contribution in [0.4, 0.5) is 10.1 Å².